The minimum absolute atomic E-state index is 0.0613. The van der Waals surface area contributed by atoms with E-state index in [1.54, 1.807) is 13.0 Å². The van der Waals surface area contributed by atoms with Crippen molar-refractivity contribution in [1.82, 2.24) is 5.32 Å². The van der Waals surface area contributed by atoms with Crippen LogP contribution in [0.1, 0.15) is 25.3 Å². The molecule has 0 aliphatic rings. The molecule has 1 aromatic carbocycles. The maximum atomic E-state index is 11.6. The summed E-state index contributed by atoms with van der Waals surface area (Å²) in [5.74, 6) is -0.977. The Morgan fingerprint density at radius 3 is 2.79 bits per heavy atom. The number of nitrogens with two attached hydrogens (primary N) is 1. The third-order valence-corrected chi connectivity index (χ3v) is 2.76. The molecule has 0 aliphatic carbocycles. The van der Waals surface area contributed by atoms with Crippen LogP contribution >= 0.6 is 0 Å². The summed E-state index contributed by atoms with van der Waals surface area (Å²) in [7, 11) is 0. The Kier molecular flexibility index (Phi) is 5.85. The number of carbonyl (C=O) groups excluding carboxylic acids is 1. The quantitative estimate of drug-likeness (QED) is 0.649. The zero-order chi connectivity index (χ0) is 14.3. The van der Waals surface area contributed by atoms with Gasteiger partial charge in [0, 0.05) is 25.1 Å². The summed E-state index contributed by atoms with van der Waals surface area (Å²) in [6.45, 7) is 2.19. The average Bonchev–Trinajstić information content (AvgIpc) is 2.33. The molecule has 1 unspecified atom stereocenters. The predicted octanol–water partition coefficient (Wildman–Crippen LogP) is 1.43. The lowest BCUT2D eigenvalue weighted by atomic mass is 10.1. The molecule has 5 heteroatoms. The predicted molar refractivity (Wildman–Crippen MR) is 73.6 cm³/mol. The molecule has 0 spiro atoms. The van der Waals surface area contributed by atoms with E-state index in [0.717, 1.165) is 5.56 Å². The average molecular weight is 264 g/mol. The van der Waals surface area contributed by atoms with Crippen molar-refractivity contribution in [2.45, 2.75) is 26.2 Å². The zero-order valence-electron chi connectivity index (χ0n) is 11.1. The molecule has 104 valence electrons. The van der Waals surface area contributed by atoms with Crippen molar-refractivity contribution >= 4 is 17.6 Å². The van der Waals surface area contributed by atoms with Crippen LogP contribution in [0.15, 0.2) is 24.3 Å². The van der Waals surface area contributed by atoms with Crippen molar-refractivity contribution in [2.24, 2.45) is 5.92 Å². The van der Waals surface area contributed by atoms with E-state index >= 15 is 0 Å². The summed E-state index contributed by atoms with van der Waals surface area (Å²) in [5.41, 5.74) is 7.36. The number of amides is 1. The number of hydrogen-bond acceptors (Lipinski definition) is 3. The first kappa shape index (κ1) is 15.0. The van der Waals surface area contributed by atoms with Crippen LogP contribution in [-0.2, 0) is 16.0 Å². The molecule has 19 heavy (non-hydrogen) atoms. The van der Waals surface area contributed by atoms with Crippen molar-refractivity contribution in [3.8, 4) is 0 Å². The van der Waals surface area contributed by atoms with Gasteiger partial charge >= 0.3 is 5.97 Å². The first-order chi connectivity index (χ1) is 8.97. The highest BCUT2D eigenvalue weighted by atomic mass is 16.4. The van der Waals surface area contributed by atoms with E-state index in [1.165, 1.54) is 0 Å². The van der Waals surface area contributed by atoms with E-state index < -0.39 is 5.97 Å². The van der Waals surface area contributed by atoms with Crippen molar-refractivity contribution in [1.29, 1.82) is 0 Å². The second kappa shape index (κ2) is 7.41. The van der Waals surface area contributed by atoms with Gasteiger partial charge in [-0.3, -0.25) is 9.59 Å². The van der Waals surface area contributed by atoms with Gasteiger partial charge in [0.2, 0.25) is 5.91 Å². The van der Waals surface area contributed by atoms with E-state index in [4.69, 9.17) is 10.8 Å². The standard InChI is InChI=1S/C14H20N2O3/c1-10(7-14(18)19)9-16-13(17)6-5-11-3-2-4-12(15)8-11/h2-4,8,10H,5-7,9,15H2,1H3,(H,16,17)(H,18,19). The zero-order valence-corrected chi connectivity index (χ0v) is 11.1. The molecule has 5 nitrogen and oxygen atoms in total. The molecule has 0 aliphatic heterocycles. The summed E-state index contributed by atoms with van der Waals surface area (Å²) >= 11 is 0. The van der Waals surface area contributed by atoms with Gasteiger partial charge in [0.25, 0.3) is 0 Å². The largest absolute Gasteiger partial charge is 0.481 e. The first-order valence-electron chi connectivity index (χ1n) is 6.30. The fourth-order valence-corrected chi connectivity index (χ4v) is 1.75. The summed E-state index contributed by atoms with van der Waals surface area (Å²) in [6, 6.07) is 7.44. The van der Waals surface area contributed by atoms with Gasteiger partial charge in [0.05, 0.1) is 0 Å². The Morgan fingerprint density at radius 2 is 2.16 bits per heavy atom. The number of nitrogen functional groups attached to an aromatic ring is 1. The first-order valence-corrected chi connectivity index (χ1v) is 6.30. The minimum atomic E-state index is -0.846. The van der Waals surface area contributed by atoms with Crippen LogP contribution in [0.3, 0.4) is 0 Å². The van der Waals surface area contributed by atoms with Crippen LogP contribution in [-0.4, -0.2) is 23.5 Å². The normalized spacial score (nSPS) is 11.8. The van der Waals surface area contributed by atoms with E-state index in [2.05, 4.69) is 5.32 Å². The molecular weight excluding hydrogens is 244 g/mol. The molecule has 0 aromatic heterocycles. The number of carbonyl (C=O) groups is 2. The van der Waals surface area contributed by atoms with Crippen molar-refractivity contribution < 1.29 is 14.7 Å². The summed E-state index contributed by atoms with van der Waals surface area (Å²) < 4.78 is 0. The monoisotopic (exact) mass is 264 g/mol. The molecule has 4 N–H and O–H groups in total. The van der Waals surface area contributed by atoms with Crippen LogP contribution in [0.5, 0.6) is 0 Å². The fraction of sp³-hybridized carbons (Fsp3) is 0.429. The highest BCUT2D eigenvalue weighted by molar-refractivity contribution is 5.76. The van der Waals surface area contributed by atoms with Gasteiger partial charge in [-0.1, -0.05) is 19.1 Å². The Hall–Kier alpha value is -2.04. The van der Waals surface area contributed by atoms with Gasteiger partial charge in [-0.25, -0.2) is 0 Å². The Bertz CT molecular complexity index is 446. The Balaban J connectivity index is 2.26. The van der Waals surface area contributed by atoms with Crippen LogP contribution < -0.4 is 11.1 Å². The van der Waals surface area contributed by atoms with Gasteiger partial charge in [0.1, 0.15) is 0 Å². The number of aliphatic carboxylic acids is 1. The molecule has 0 bridgehead atoms. The number of anilines is 1. The second-order valence-corrected chi connectivity index (χ2v) is 4.75. The molecule has 0 saturated heterocycles. The van der Waals surface area contributed by atoms with E-state index in [0.29, 0.717) is 25.1 Å². The number of carboxylic acid groups (broad SMARTS) is 1. The molecule has 1 aromatic rings. The number of nitrogens with one attached hydrogen (secondary N) is 1. The molecular formula is C14H20N2O3. The lowest BCUT2D eigenvalue weighted by Crippen LogP contribution is -2.29. The van der Waals surface area contributed by atoms with E-state index in [1.807, 2.05) is 18.2 Å². The molecule has 1 rings (SSSR count). The Labute approximate surface area is 112 Å². The molecule has 0 saturated carbocycles. The molecule has 0 fully saturated rings. The SMILES string of the molecule is CC(CNC(=O)CCc1cccc(N)c1)CC(=O)O. The van der Waals surface area contributed by atoms with Crippen LogP contribution in [0.2, 0.25) is 0 Å². The van der Waals surface area contributed by atoms with Gasteiger partial charge in [-0.2, -0.15) is 0 Å². The summed E-state index contributed by atoms with van der Waals surface area (Å²) in [5, 5.41) is 11.3. The fourth-order valence-electron chi connectivity index (χ4n) is 1.75. The number of aryl methyl sites for hydroxylation is 1. The lowest BCUT2D eigenvalue weighted by Gasteiger charge is -2.10. The van der Waals surface area contributed by atoms with Crippen LogP contribution in [0.4, 0.5) is 5.69 Å². The lowest BCUT2D eigenvalue weighted by molar-refractivity contribution is -0.138. The van der Waals surface area contributed by atoms with Crippen molar-refractivity contribution in [2.75, 3.05) is 12.3 Å². The van der Waals surface area contributed by atoms with Crippen molar-refractivity contribution in [3.05, 3.63) is 29.8 Å². The maximum Gasteiger partial charge on any atom is 0.303 e. The highest BCUT2D eigenvalue weighted by Crippen LogP contribution is 2.08. The maximum absolute atomic E-state index is 11.6. The minimum Gasteiger partial charge on any atom is -0.481 e. The van der Waals surface area contributed by atoms with Gasteiger partial charge in [-0.15, -0.1) is 0 Å². The van der Waals surface area contributed by atoms with Crippen molar-refractivity contribution in [3.63, 3.8) is 0 Å². The highest BCUT2D eigenvalue weighted by Gasteiger charge is 2.09. The number of carboxylic acids is 1. The van der Waals surface area contributed by atoms with Crippen LogP contribution in [0, 0.1) is 5.92 Å². The molecule has 0 heterocycles. The van der Waals surface area contributed by atoms with Crippen LogP contribution in [0.25, 0.3) is 0 Å². The second-order valence-electron chi connectivity index (χ2n) is 4.75. The third-order valence-electron chi connectivity index (χ3n) is 2.76. The topological polar surface area (TPSA) is 92.4 Å². The third kappa shape index (κ3) is 6.45. The van der Waals surface area contributed by atoms with Gasteiger partial charge in [0.15, 0.2) is 0 Å². The van der Waals surface area contributed by atoms with Gasteiger partial charge < -0.3 is 16.2 Å². The molecule has 1 atom stereocenters. The molecule has 1 amide bonds. The van der Waals surface area contributed by atoms with E-state index in [-0.39, 0.29) is 18.2 Å². The smallest absolute Gasteiger partial charge is 0.303 e. The number of rotatable bonds is 7. The summed E-state index contributed by atoms with van der Waals surface area (Å²) in [6.07, 6.45) is 1.07. The Morgan fingerprint density at radius 1 is 1.42 bits per heavy atom. The molecule has 0 radical (unpaired) electrons. The van der Waals surface area contributed by atoms with Gasteiger partial charge in [-0.05, 0) is 30.0 Å². The number of hydrogen-bond donors (Lipinski definition) is 3. The summed E-state index contributed by atoms with van der Waals surface area (Å²) in [4.78, 5) is 22.1. The van der Waals surface area contributed by atoms with E-state index in [9.17, 15) is 9.59 Å². The number of benzene rings is 1.